The van der Waals surface area contributed by atoms with Crippen LogP contribution in [0.15, 0.2) is 12.4 Å². The fraction of sp³-hybridized carbons (Fsp3) is 0.615. The van der Waals surface area contributed by atoms with Crippen LogP contribution in [0, 0.1) is 0 Å². The largest absolute Gasteiger partial charge is 0.355 e. The lowest BCUT2D eigenvalue weighted by Crippen LogP contribution is -2.38. The molecule has 1 rings (SSSR count). The number of nitrogens with zero attached hydrogens (tertiary/aromatic N) is 3. The van der Waals surface area contributed by atoms with Crippen molar-refractivity contribution in [3.8, 4) is 0 Å². The Morgan fingerprint density at radius 2 is 1.89 bits per heavy atom. The minimum absolute atomic E-state index is 0.00956. The van der Waals surface area contributed by atoms with Gasteiger partial charge in [-0.1, -0.05) is 6.92 Å². The van der Waals surface area contributed by atoms with Crippen molar-refractivity contribution >= 4 is 11.9 Å². The van der Waals surface area contributed by atoms with Gasteiger partial charge in [0.1, 0.15) is 0 Å². The van der Waals surface area contributed by atoms with Gasteiger partial charge in [-0.2, -0.15) is 0 Å². The molecule has 0 saturated carbocycles. The van der Waals surface area contributed by atoms with Gasteiger partial charge in [0.05, 0.1) is 6.54 Å². The number of hydrogen-bond donors (Lipinski definition) is 2. The molecular weight excluding hydrogens is 242 g/mol. The molecule has 19 heavy (non-hydrogen) atoms. The molecule has 0 spiro atoms. The first-order valence-corrected chi connectivity index (χ1v) is 6.74. The summed E-state index contributed by atoms with van der Waals surface area (Å²) in [5.41, 5.74) is 1.04. The van der Waals surface area contributed by atoms with Crippen molar-refractivity contribution < 1.29 is 4.79 Å². The summed E-state index contributed by atoms with van der Waals surface area (Å²) in [5.74, 6) is 0.582. The Morgan fingerprint density at radius 1 is 1.21 bits per heavy atom. The van der Waals surface area contributed by atoms with Crippen LogP contribution in [0.3, 0.4) is 0 Å². The van der Waals surface area contributed by atoms with Gasteiger partial charge in [-0.3, -0.25) is 4.79 Å². The van der Waals surface area contributed by atoms with E-state index < -0.39 is 0 Å². The van der Waals surface area contributed by atoms with E-state index in [1.54, 1.807) is 12.4 Å². The van der Waals surface area contributed by atoms with Gasteiger partial charge in [0.15, 0.2) is 0 Å². The lowest BCUT2D eigenvalue weighted by atomic mass is 10.3. The monoisotopic (exact) mass is 265 g/mol. The maximum absolute atomic E-state index is 11.6. The molecule has 0 bridgehead atoms. The first-order valence-electron chi connectivity index (χ1n) is 6.74. The molecule has 0 aromatic carbocycles. The van der Waals surface area contributed by atoms with Crippen molar-refractivity contribution in [2.24, 2.45) is 0 Å². The second-order valence-electron chi connectivity index (χ2n) is 4.14. The Kier molecular flexibility index (Phi) is 6.81. The smallest absolute Gasteiger partial charge is 0.239 e. The number of hydrogen-bond acceptors (Lipinski definition) is 5. The van der Waals surface area contributed by atoms with E-state index >= 15 is 0 Å². The second kappa shape index (κ2) is 8.42. The number of rotatable bonds is 8. The Balaban J connectivity index is 2.62. The van der Waals surface area contributed by atoms with Crippen molar-refractivity contribution in [3.05, 3.63) is 18.0 Å². The summed E-state index contributed by atoms with van der Waals surface area (Å²) in [7, 11) is 0. The lowest BCUT2D eigenvalue weighted by molar-refractivity contribution is -0.119. The van der Waals surface area contributed by atoms with E-state index in [0.717, 1.165) is 18.7 Å². The van der Waals surface area contributed by atoms with E-state index in [0.29, 0.717) is 19.0 Å². The van der Waals surface area contributed by atoms with Gasteiger partial charge in [-0.05, 0) is 20.4 Å². The molecular formula is C13H23N5O. The molecule has 0 aliphatic rings. The van der Waals surface area contributed by atoms with E-state index in [2.05, 4.69) is 27.5 Å². The number of nitrogens with one attached hydrogen (secondary N) is 2. The van der Waals surface area contributed by atoms with Gasteiger partial charge < -0.3 is 15.5 Å². The molecule has 0 aliphatic carbocycles. The number of anilines is 1. The summed E-state index contributed by atoms with van der Waals surface area (Å²) in [6.45, 7) is 9.24. The Labute approximate surface area is 114 Å². The zero-order valence-corrected chi connectivity index (χ0v) is 11.9. The molecule has 6 heteroatoms. The average Bonchev–Trinajstić information content (AvgIpc) is 2.43. The maximum atomic E-state index is 11.6. The van der Waals surface area contributed by atoms with Crippen molar-refractivity contribution in [1.29, 1.82) is 0 Å². The van der Waals surface area contributed by atoms with Crippen molar-refractivity contribution in [1.82, 2.24) is 20.6 Å². The molecule has 0 radical (unpaired) electrons. The van der Waals surface area contributed by atoms with Crippen LogP contribution in [0.4, 0.5) is 5.95 Å². The Morgan fingerprint density at radius 3 is 2.42 bits per heavy atom. The van der Waals surface area contributed by atoms with Gasteiger partial charge >= 0.3 is 0 Å². The van der Waals surface area contributed by atoms with Gasteiger partial charge in [0.25, 0.3) is 0 Å². The van der Waals surface area contributed by atoms with Crippen molar-refractivity contribution in [2.75, 3.05) is 31.1 Å². The highest BCUT2D eigenvalue weighted by Gasteiger charge is 2.11. The highest BCUT2D eigenvalue weighted by molar-refractivity contribution is 5.80. The van der Waals surface area contributed by atoms with Crippen LogP contribution in [0.2, 0.25) is 0 Å². The molecule has 6 nitrogen and oxygen atoms in total. The van der Waals surface area contributed by atoms with Crippen LogP contribution < -0.4 is 15.5 Å². The van der Waals surface area contributed by atoms with Gasteiger partial charge in [0.2, 0.25) is 11.9 Å². The molecule has 0 saturated heterocycles. The van der Waals surface area contributed by atoms with Crippen LogP contribution in [0.5, 0.6) is 0 Å². The number of aromatic nitrogens is 2. The summed E-state index contributed by atoms with van der Waals surface area (Å²) in [4.78, 5) is 22.0. The van der Waals surface area contributed by atoms with Gasteiger partial charge in [0, 0.05) is 37.6 Å². The normalized spacial score (nSPS) is 10.3. The second-order valence-corrected chi connectivity index (χ2v) is 4.14. The Hall–Kier alpha value is -1.69. The standard InChI is InChI=1S/C13H23N5O/c1-4-14-7-11-8-16-13(17-9-11)18(6-3)10-12(19)15-5-2/h8-9,14H,4-7,10H2,1-3H3,(H,15,19). The summed E-state index contributed by atoms with van der Waals surface area (Å²) >= 11 is 0. The lowest BCUT2D eigenvalue weighted by Gasteiger charge is -2.19. The third kappa shape index (κ3) is 5.21. The number of carbonyl (C=O) groups is 1. The predicted molar refractivity (Wildman–Crippen MR) is 76.0 cm³/mol. The molecule has 106 valence electrons. The summed E-state index contributed by atoms with van der Waals surface area (Å²) in [5, 5.41) is 5.99. The summed E-state index contributed by atoms with van der Waals surface area (Å²) < 4.78 is 0. The molecule has 1 aromatic heterocycles. The third-order valence-electron chi connectivity index (χ3n) is 2.64. The average molecular weight is 265 g/mol. The molecule has 1 aromatic rings. The van der Waals surface area contributed by atoms with Gasteiger partial charge in [-0.25, -0.2) is 9.97 Å². The zero-order chi connectivity index (χ0) is 14.1. The molecule has 2 N–H and O–H groups in total. The Bertz CT molecular complexity index is 379. The molecule has 0 atom stereocenters. The molecule has 0 fully saturated rings. The van der Waals surface area contributed by atoms with Crippen LogP contribution in [0.1, 0.15) is 26.3 Å². The maximum Gasteiger partial charge on any atom is 0.239 e. The quantitative estimate of drug-likeness (QED) is 0.718. The van der Waals surface area contributed by atoms with Crippen LogP contribution in [-0.2, 0) is 11.3 Å². The highest BCUT2D eigenvalue weighted by atomic mass is 16.2. The molecule has 1 amide bonds. The number of carbonyl (C=O) groups excluding carboxylic acids is 1. The van der Waals surface area contributed by atoms with Crippen molar-refractivity contribution in [3.63, 3.8) is 0 Å². The SMILES string of the molecule is CCNCc1cnc(N(CC)CC(=O)NCC)nc1. The molecule has 0 unspecified atom stereocenters. The van der Waals surface area contributed by atoms with E-state index in [1.165, 1.54) is 0 Å². The van der Waals surface area contributed by atoms with Crippen LogP contribution in [-0.4, -0.2) is 42.1 Å². The van der Waals surface area contributed by atoms with E-state index in [9.17, 15) is 4.79 Å². The molecule has 0 aliphatic heterocycles. The van der Waals surface area contributed by atoms with E-state index in [-0.39, 0.29) is 12.5 Å². The van der Waals surface area contributed by atoms with Crippen molar-refractivity contribution in [2.45, 2.75) is 27.3 Å². The number of likely N-dealkylation sites (N-methyl/N-ethyl adjacent to an activating group) is 2. The summed E-state index contributed by atoms with van der Waals surface area (Å²) in [6.07, 6.45) is 3.59. The third-order valence-corrected chi connectivity index (χ3v) is 2.64. The predicted octanol–water partition coefficient (Wildman–Crippen LogP) is 0.549. The van der Waals surface area contributed by atoms with Gasteiger partial charge in [-0.15, -0.1) is 0 Å². The van der Waals surface area contributed by atoms with E-state index in [4.69, 9.17) is 0 Å². The first-order chi connectivity index (χ1) is 9.21. The first kappa shape index (κ1) is 15.4. The minimum atomic E-state index is -0.00956. The van der Waals surface area contributed by atoms with Crippen LogP contribution in [0.25, 0.3) is 0 Å². The highest BCUT2D eigenvalue weighted by Crippen LogP contribution is 2.06. The minimum Gasteiger partial charge on any atom is -0.355 e. The fourth-order valence-electron chi connectivity index (χ4n) is 1.62. The van der Waals surface area contributed by atoms with E-state index in [1.807, 2.05) is 18.7 Å². The number of amides is 1. The molecule has 1 heterocycles. The van der Waals surface area contributed by atoms with Crippen LogP contribution >= 0.6 is 0 Å². The zero-order valence-electron chi connectivity index (χ0n) is 11.9. The summed E-state index contributed by atoms with van der Waals surface area (Å²) in [6, 6.07) is 0. The topological polar surface area (TPSA) is 70.2 Å². The fourth-order valence-corrected chi connectivity index (χ4v) is 1.62.